The Balaban J connectivity index is 5.02. The third-order valence-electron chi connectivity index (χ3n) is 1.93. The Hall–Kier alpha value is -0.573. The van der Waals surface area contributed by atoms with Crippen molar-refractivity contribution in [1.82, 2.24) is 0 Å². The van der Waals surface area contributed by atoms with Crippen LogP contribution in [-0.2, 0) is 9.53 Å². The Bertz CT molecular complexity index is 277. The monoisotopic (exact) mass is 242 g/mol. The fraction of sp³-hybridized carbons (Fsp3) is 0.769. The zero-order valence-electron chi connectivity index (χ0n) is 12.0. The average Bonchev–Trinajstić information content (AvgIpc) is 1.93. The molecular weight excluding hydrogens is 216 g/mol. The van der Waals surface area contributed by atoms with Crippen LogP contribution in [0.4, 0.5) is 0 Å². The number of hydrogen-bond acceptors (Lipinski definition) is 2. The highest BCUT2D eigenvalue weighted by Crippen LogP contribution is 2.21. The van der Waals surface area contributed by atoms with E-state index in [9.17, 15) is 4.79 Å². The van der Waals surface area contributed by atoms with E-state index in [4.69, 9.17) is 4.74 Å². The van der Waals surface area contributed by atoms with Gasteiger partial charge >= 0.3 is 5.97 Å². The molecule has 0 amide bonds. The molecule has 0 N–H and O–H groups in total. The van der Waals surface area contributed by atoms with E-state index in [-0.39, 0.29) is 5.97 Å². The summed E-state index contributed by atoms with van der Waals surface area (Å²) >= 11 is 0. The maximum absolute atomic E-state index is 12.1. The van der Waals surface area contributed by atoms with Crippen molar-refractivity contribution in [3.05, 3.63) is 11.3 Å². The van der Waals surface area contributed by atoms with E-state index in [2.05, 4.69) is 39.6 Å². The molecule has 0 aliphatic heterocycles. The molecule has 0 aromatic rings. The molecule has 0 aromatic carbocycles. The smallest absolute Gasteiger partial charge is 0.330 e. The lowest BCUT2D eigenvalue weighted by atomic mass is 10.2. The summed E-state index contributed by atoms with van der Waals surface area (Å²) in [6, 6.07) is 0. The lowest BCUT2D eigenvalue weighted by Gasteiger charge is -2.26. The molecule has 0 aliphatic rings. The second-order valence-corrected chi connectivity index (χ2v) is 11.6. The van der Waals surface area contributed by atoms with Crippen LogP contribution < -0.4 is 0 Å². The van der Waals surface area contributed by atoms with Gasteiger partial charge in [-0.25, -0.2) is 4.79 Å². The average molecular weight is 242 g/mol. The minimum atomic E-state index is -1.63. The number of rotatable bonds is 3. The molecule has 0 aliphatic carbocycles. The van der Waals surface area contributed by atoms with E-state index < -0.39 is 13.7 Å². The van der Waals surface area contributed by atoms with Crippen LogP contribution >= 0.6 is 0 Å². The lowest BCUT2D eigenvalue weighted by molar-refractivity contribution is -0.149. The van der Waals surface area contributed by atoms with Crippen molar-refractivity contribution in [3.8, 4) is 0 Å². The Morgan fingerprint density at radius 1 is 1.19 bits per heavy atom. The van der Waals surface area contributed by atoms with Crippen LogP contribution in [0.3, 0.4) is 0 Å². The molecule has 0 saturated carbocycles. The van der Waals surface area contributed by atoms with Gasteiger partial charge in [-0.2, -0.15) is 0 Å². The number of carbonyl (C=O) groups is 1. The van der Waals surface area contributed by atoms with Crippen LogP contribution in [0.1, 0.15) is 34.6 Å². The fourth-order valence-corrected chi connectivity index (χ4v) is 2.79. The number of allylic oxidation sites excluding steroid dienone is 1. The third kappa shape index (κ3) is 6.11. The van der Waals surface area contributed by atoms with Gasteiger partial charge in [0.1, 0.15) is 5.60 Å². The summed E-state index contributed by atoms with van der Waals surface area (Å²) in [6.07, 6.45) is 2.06. The van der Waals surface area contributed by atoms with Gasteiger partial charge in [0.2, 0.25) is 0 Å². The van der Waals surface area contributed by atoms with E-state index in [1.54, 1.807) is 0 Å². The van der Waals surface area contributed by atoms with Gasteiger partial charge < -0.3 is 4.74 Å². The molecule has 0 unspecified atom stereocenters. The van der Waals surface area contributed by atoms with Gasteiger partial charge in [0.15, 0.2) is 0 Å². The quantitative estimate of drug-likeness (QED) is 0.427. The van der Waals surface area contributed by atoms with E-state index in [1.807, 2.05) is 20.8 Å². The van der Waals surface area contributed by atoms with Crippen molar-refractivity contribution in [2.75, 3.05) is 0 Å². The summed E-state index contributed by atoms with van der Waals surface area (Å²) in [6.45, 7) is 16.4. The van der Waals surface area contributed by atoms with Gasteiger partial charge in [-0.1, -0.05) is 39.6 Å². The molecule has 2 nitrogen and oxygen atoms in total. The topological polar surface area (TPSA) is 26.3 Å². The Morgan fingerprint density at radius 2 is 1.62 bits per heavy atom. The Kier molecular flexibility index (Phi) is 4.99. The standard InChI is InChI=1S/C13H26O2Si/c1-10(2)9-11(16(6,7)8)12(14)15-13(3,4)5/h9-10H,1-8H3/b11-9+. The molecule has 94 valence electrons. The zero-order chi connectivity index (χ0) is 13.1. The predicted octanol–water partition coefficient (Wildman–Crippen LogP) is 3.79. The van der Waals surface area contributed by atoms with E-state index in [1.165, 1.54) is 0 Å². The molecule has 0 aromatic heterocycles. The Labute approximate surface area is 101 Å². The highest BCUT2D eigenvalue weighted by atomic mass is 28.3. The van der Waals surface area contributed by atoms with Gasteiger partial charge in [-0.3, -0.25) is 0 Å². The van der Waals surface area contributed by atoms with Gasteiger partial charge in [0.05, 0.1) is 8.07 Å². The van der Waals surface area contributed by atoms with Crippen LogP contribution in [0, 0.1) is 5.92 Å². The summed E-state index contributed by atoms with van der Waals surface area (Å²) in [5.74, 6) is 0.245. The van der Waals surface area contributed by atoms with Crippen LogP contribution in [0.15, 0.2) is 11.3 Å². The number of ether oxygens (including phenoxy) is 1. The molecule has 0 fully saturated rings. The maximum atomic E-state index is 12.1. The van der Waals surface area contributed by atoms with E-state index in [0.717, 1.165) is 5.20 Å². The molecule has 0 rings (SSSR count). The minimum absolute atomic E-state index is 0.139. The molecule has 0 bridgehead atoms. The summed E-state index contributed by atoms with van der Waals surface area (Å²) in [5, 5.41) is 0.900. The normalized spacial score (nSPS) is 14.2. The van der Waals surface area contributed by atoms with E-state index in [0.29, 0.717) is 5.92 Å². The van der Waals surface area contributed by atoms with Crippen molar-refractivity contribution < 1.29 is 9.53 Å². The lowest BCUT2D eigenvalue weighted by Crippen LogP contribution is -2.35. The first-order valence-electron chi connectivity index (χ1n) is 5.89. The first-order chi connectivity index (χ1) is 6.93. The molecule has 16 heavy (non-hydrogen) atoms. The Morgan fingerprint density at radius 3 is 1.88 bits per heavy atom. The molecule has 0 radical (unpaired) electrons. The number of esters is 1. The summed E-state index contributed by atoms with van der Waals surface area (Å²) < 4.78 is 5.45. The van der Waals surface area contributed by atoms with Gasteiger partial charge in [0, 0.05) is 5.20 Å². The summed E-state index contributed by atoms with van der Waals surface area (Å²) in [5.41, 5.74) is -0.410. The van der Waals surface area contributed by atoms with Crippen molar-refractivity contribution in [1.29, 1.82) is 0 Å². The molecule has 0 spiro atoms. The second-order valence-electron chi connectivity index (χ2n) is 6.58. The van der Waals surface area contributed by atoms with Crippen LogP contribution in [0.5, 0.6) is 0 Å². The highest BCUT2D eigenvalue weighted by molar-refractivity contribution is 6.87. The molecular formula is C13H26O2Si. The predicted molar refractivity (Wildman–Crippen MR) is 72.1 cm³/mol. The van der Waals surface area contributed by atoms with E-state index >= 15 is 0 Å². The summed E-state index contributed by atoms with van der Waals surface area (Å²) in [4.78, 5) is 12.1. The van der Waals surface area contributed by atoms with Crippen molar-refractivity contribution in [3.63, 3.8) is 0 Å². The third-order valence-corrected chi connectivity index (χ3v) is 3.91. The first kappa shape index (κ1) is 15.4. The molecule has 0 saturated heterocycles. The number of carbonyl (C=O) groups excluding carboxylic acids is 1. The van der Waals surface area contributed by atoms with Crippen LogP contribution in [0.25, 0.3) is 0 Å². The van der Waals surface area contributed by atoms with Crippen molar-refractivity contribution >= 4 is 14.0 Å². The van der Waals surface area contributed by atoms with Gasteiger partial charge in [-0.15, -0.1) is 0 Å². The fourth-order valence-electron chi connectivity index (χ4n) is 1.29. The van der Waals surface area contributed by atoms with Gasteiger partial charge in [0.25, 0.3) is 0 Å². The molecule has 0 heterocycles. The van der Waals surface area contributed by atoms with Crippen molar-refractivity contribution in [2.24, 2.45) is 5.92 Å². The molecule has 0 atom stereocenters. The molecule has 3 heteroatoms. The summed E-state index contributed by atoms with van der Waals surface area (Å²) in [7, 11) is -1.63. The second kappa shape index (κ2) is 5.17. The number of hydrogen-bond donors (Lipinski definition) is 0. The minimum Gasteiger partial charge on any atom is -0.457 e. The maximum Gasteiger partial charge on any atom is 0.330 e. The van der Waals surface area contributed by atoms with Crippen LogP contribution in [0.2, 0.25) is 19.6 Å². The highest BCUT2D eigenvalue weighted by Gasteiger charge is 2.29. The van der Waals surface area contributed by atoms with Crippen LogP contribution in [-0.4, -0.2) is 19.6 Å². The van der Waals surface area contributed by atoms with Gasteiger partial charge in [-0.05, 0) is 26.7 Å². The van der Waals surface area contributed by atoms with Crippen molar-refractivity contribution in [2.45, 2.75) is 59.9 Å². The SMILES string of the molecule is CC(C)/C=C(\C(=O)OC(C)(C)C)[Si](C)(C)C. The largest absolute Gasteiger partial charge is 0.457 e. The zero-order valence-corrected chi connectivity index (χ0v) is 13.0. The first-order valence-corrected chi connectivity index (χ1v) is 9.39.